The van der Waals surface area contributed by atoms with Crippen molar-refractivity contribution in [2.45, 2.75) is 43.1 Å². The number of carboxylic acid groups (broad SMARTS) is 1. The van der Waals surface area contributed by atoms with Gasteiger partial charge in [-0.05, 0) is 42.0 Å². The second-order valence-corrected chi connectivity index (χ2v) is 10.6. The summed E-state index contributed by atoms with van der Waals surface area (Å²) in [4.78, 5) is 38.9. The Morgan fingerprint density at radius 3 is 2.40 bits per heavy atom. The van der Waals surface area contributed by atoms with Crippen LogP contribution >= 0.6 is 11.8 Å². The molecule has 0 radical (unpaired) electrons. The molecule has 0 aromatic heterocycles. The van der Waals surface area contributed by atoms with Crippen LogP contribution in [-0.4, -0.2) is 57.8 Å². The Kier molecular flexibility index (Phi) is 6.56. The van der Waals surface area contributed by atoms with Crippen molar-refractivity contribution in [3.05, 3.63) is 71.8 Å². The van der Waals surface area contributed by atoms with E-state index in [0.717, 1.165) is 11.1 Å². The zero-order valence-electron chi connectivity index (χ0n) is 19.4. The molecule has 4 unspecified atom stereocenters. The van der Waals surface area contributed by atoms with Gasteiger partial charge in [0.05, 0.1) is 11.4 Å². The fraction of sp³-hybridized carbons (Fsp3) is 0.370. The molecule has 2 aromatic rings. The van der Waals surface area contributed by atoms with Gasteiger partial charge in [-0.15, -0.1) is 11.8 Å². The topological polar surface area (TPSA) is 95.9 Å². The van der Waals surface area contributed by atoms with Crippen molar-refractivity contribution in [2.24, 2.45) is 5.92 Å². The number of ether oxygens (including phenoxy) is 1. The number of allylic oxidation sites excluding steroid dienone is 1. The number of hydrogen-bond donors (Lipinski definition) is 2. The maximum absolute atomic E-state index is 13.2. The second kappa shape index (κ2) is 9.77. The highest BCUT2D eigenvalue weighted by atomic mass is 32.2. The van der Waals surface area contributed by atoms with Crippen LogP contribution in [0.2, 0.25) is 0 Å². The number of carbonyl (C=O) groups is 3. The number of benzene rings is 2. The van der Waals surface area contributed by atoms with Gasteiger partial charge in [0, 0.05) is 17.6 Å². The van der Waals surface area contributed by atoms with Gasteiger partial charge in [0.1, 0.15) is 12.6 Å². The fourth-order valence-corrected chi connectivity index (χ4v) is 6.54. The van der Waals surface area contributed by atoms with Crippen LogP contribution in [0, 0.1) is 5.92 Å². The number of amides is 2. The molecular weight excluding hydrogens is 464 g/mol. The highest BCUT2D eigenvalue weighted by Gasteiger charge is 2.42. The summed E-state index contributed by atoms with van der Waals surface area (Å²) in [7, 11) is 0. The van der Waals surface area contributed by atoms with Gasteiger partial charge in [-0.25, -0.2) is 9.59 Å². The number of carboxylic acids is 1. The summed E-state index contributed by atoms with van der Waals surface area (Å²) in [5, 5.41) is 12.2. The third-order valence-corrected chi connectivity index (χ3v) is 8.30. The number of aliphatic carboxylic acids is 1. The average molecular weight is 493 g/mol. The predicted molar refractivity (Wildman–Crippen MR) is 134 cm³/mol. The first kappa shape index (κ1) is 23.5. The molecule has 2 N–H and O–H groups in total. The van der Waals surface area contributed by atoms with Crippen LogP contribution in [0.3, 0.4) is 0 Å². The SMILES string of the molecule is CC1SCC(C(=O)O)N1C(=O)C1CC=CC(NC(=O)OCC2c3ccccc3-c3ccccc32)C1. The largest absolute Gasteiger partial charge is 0.480 e. The molecule has 2 amide bonds. The minimum atomic E-state index is -0.977. The van der Waals surface area contributed by atoms with Crippen LogP contribution in [0.1, 0.15) is 36.8 Å². The highest BCUT2D eigenvalue weighted by Crippen LogP contribution is 2.44. The lowest BCUT2D eigenvalue weighted by molar-refractivity contribution is -0.150. The molecule has 5 rings (SSSR count). The number of rotatable bonds is 5. The Labute approximate surface area is 208 Å². The number of hydrogen-bond acceptors (Lipinski definition) is 5. The average Bonchev–Trinajstić information content (AvgIpc) is 3.40. The minimum absolute atomic E-state index is 0.0218. The predicted octanol–water partition coefficient (Wildman–Crippen LogP) is 4.23. The fourth-order valence-electron chi connectivity index (χ4n) is 5.37. The summed E-state index contributed by atoms with van der Waals surface area (Å²) in [5.74, 6) is -1.14. The summed E-state index contributed by atoms with van der Waals surface area (Å²) in [6.45, 7) is 2.08. The van der Waals surface area contributed by atoms with E-state index in [0.29, 0.717) is 18.6 Å². The number of nitrogens with zero attached hydrogens (tertiary/aromatic N) is 1. The normalized spacial score (nSPS) is 25.1. The van der Waals surface area contributed by atoms with Crippen LogP contribution in [-0.2, 0) is 14.3 Å². The van der Waals surface area contributed by atoms with Gasteiger partial charge in [0.25, 0.3) is 0 Å². The van der Waals surface area contributed by atoms with Gasteiger partial charge >= 0.3 is 12.1 Å². The first-order valence-corrected chi connectivity index (χ1v) is 12.9. The van der Waals surface area contributed by atoms with E-state index in [1.165, 1.54) is 27.8 Å². The first-order chi connectivity index (χ1) is 16.9. The van der Waals surface area contributed by atoms with E-state index in [4.69, 9.17) is 4.74 Å². The van der Waals surface area contributed by atoms with Gasteiger partial charge in [0.15, 0.2) is 0 Å². The van der Waals surface area contributed by atoms with Crippen LogP contribution < -0.4 is 5.32 Å². The van der Waals surface area contributed by atoms with E-state index in [1.807, 2.05) is 43.3 Å². The molecule has 1 aliphatic heterocycles. The number of carbonyl (C=O) groups excluding carboxylic acids is 2. The molecule has 2 aromatic carbocycles. The molecule has 182 valence electrons. The molecule has 2 aliphatic carbocycles. The lowest BCUT2D eigenvalue weighted by Crippen LogP contribution is -2.49. The zero-order valence-corrected chi connectivity index (χ0v) is 20.2. The van der Waals surface area contributed by atoms with E-state index in [2.05, 4.69) is 29.6 Å². The lowest BCUT2D eigenvalue weighted by atomic mass is 9.89. The highest BCUT2D eigenvalue weighted by molar-refractivity contribution is 8.00. The number of alkyl carbamates (subject to hydrolysis) is 1. The monoisotopic (exact) mass is 492 g/mol. The molecule has 7 nitrogen and oxygen atoms in total. The lowest BCUT2D eigenvalue weighted by Gasteiger charge is -2.32. The van der Waals surface area contributed by atoms with Crippen molar-refractivity contribution >= 4 is 29.7 Å². The molecule has 3 aliphatic rings. The molecule has 4 atom stereocenters. The van der Waals surface area contributed by atoms with E-state index < -0.39 is 18.1 Å². The summed E-state index contributed by atoms with van der Waals surface area (Å²) in [5.41, 5.74) is 4.64. The molecule has 1 heterocycles. The van der Waals surface area contributed by atoms with Crippen molar-refractivity contribution in [1.82, 2.24) is 10.2 Å². The van der Waals surface area contributed by atoms with Crippen LogP contribution in [0.4, 0.5) is 4.79 Å². The van der Waals surface area contributed by atoms with Gasteiger partial charge < -0.3 is 20.1 Å². The molecule has 1 saturated heterocycles. The maximum atomic E-state index is 13.2. The molecule has 0 saturated carbocycles. The Bertz CT molecular complexity index is 1140. The Morgan fingerprint density at radius 2 is 1.74 bits per heavy atom. The van der Waals surface area contributed by atoms with Crippen molar-refractivity contribution in [2.75, 3.05) is 12.4 Å². The number of thioether (sulfide) groups is 1. The van der Waals surface area contributed by atoms with Crippen molar-refractivity contribution in [3.63, 3.8) is 0 Å². The zero-order chi connectivity index (χ0) is 24.5. The van der Waals surface area contributed by atoms with E-state index in [9.17, 15) is 19.5 Å². The van der Waals surface area contributed by atoms with Gasteiger partial charge in [-0.1, -0.05) is 60.7 Å². The molecule has 8 heteroatoms. The van der Waals surface area contributed by atoms with Crippen molar-refractivity contribution < 1.29 is 24.2 Å². The van der Waals surface area contributed by atoms with Crippen LogP contribution in [0.15, 0.2) is 60.7 Å². The smallest absolute Gasteiger partial charge is 0.407 e. The first-order valence-electron chi connectivity index (χ1n) is 11.9. The molecule has 0 spiro atoms. The molecule has 0 bridgehead atoms. The van der Waals surface area contributed by atoms with Crippen molar-refractivity contribution in [3.8, 4) is 11.1 Å². The van der Waals surface area contributed by atoms with Crippen molar-refractivity contribution in [1.29, 1.82) is 0 Å². The van der Waals surface area contributed by atoms with E-state index in [1.54, 1.807) is 0 Å². The molecular formula is C27H28N2O5S. The second-order valence-electron chi connectivity index (χ2n) is 9.21. The Hall–Kier alpha value is -3.26. The van der Waals surface area contributed by atoms with Gasteiger partial charge in [-0.3, -0.25) is 4.79 Å². The van der Waals surface area contributed by atoms with Gasteiger partial charge in [0.2, 0.25) is 5.91 Å². The van der Waals surface area contributed by atoms with E-state index >= 15 is 0 Å². The quantitative estimate of drug-likeness (QED) is 0.607. The molecule has 35 heavy (non-hydrogen) atoms. The minimum Gasteiger partial charge on any atom is -0.480 e. The summed E-state index contributed by atoms with van der Waals surface area (Å²) < 4.78 is 5.64. The van der Waals surface area contributed by atoms with Gasteiger partial charge in [-0.2, -0.15) is 0 Å². The van der Waals surface area contributed by atoms with Crippen LogP contribution in [0.25, 0.3) is 11.1 Å². The summed E-state index contributed by atoms with van der Waals surface area (Å²) >= 11 is 1.47. The Balaban J connectivity index is 1.20. The summed E-state index contributed by atoms with van der Waals surface area (Å²) in [6, 6.07) is 15.2. The Morgan fingerprint density at radius 1 is 1.09 bits per heavy atom. The third kappa shape index (κ3) is 4.55. The summed E-state index contributed by atoms with van der Waals surface area (Å²) in [6.07, 6.45) is 4.18. The standard InChI is InChI=1S/C27H28N2O5S/c1-16-29(24(15-35-16)26(31)32)25(30)17-7-6-8-18(13-17)28-27(33)34-14-23-21-11-4-2-9-19(21)20-10-3-5-12-22(20)23/h2-6,8-12,16-18,23-24H,7,13-15H2,1H3,(H,28,33)(H,31,32). The number of fused-ring (bicyclic) bond motifs is 3. The maximum Gasteiger partial charge on any atom is 0.407 e. The molecule has 1 fully saturated rings. The van der Waals surface area contributed by atoms with E-state index in [-0.39, 0.29) is 35.8 Å². The number of nitrogens with one attached hydrogen (secondary N) is 1. The van der Waals surface area contributed by atoms with Crippen LogP contribution in [0.5, 0.6) is 0 Å². The third-order valence-electron chi connectivity index (χ3n) is 7.09.